The lowest BCUT2D eigenvalue weighted by atomic mass is 9.91. The van der Waals surface area contributed by atoms with Crippen molar-refractivity contribution in [1.29, 1.82) is 0 Å². The lowest BCUT2D eigenvalue weighted by Gasteiger charge is -2.32. The van der Waals surface area contributed by atoms with Gasteiger partial charge in [0.1, 0.15) is 0 Å². The summed E-state index contributed by atoms with van der Waals surface area (Å²) in [4.78, 5) is 14.6. The van der Waals surface area contributed by atoms with Gasteiger partial charge in [-0.15, -0.1) is 0 Å². The van der Waals surface area contributed by atoms with Crippen LogP contribution >= 0.6 is 0 Å². The first kappa shape index (κ1) is 15.0. The summed E-state index contributed by atoms with van der Waals surface area (Å²) >= 11 is 0. The lowest BCUT2D eigenvalue weighted by Crippen LogP contribution is -2.44. The maximum atomic E-state index is 12.4. The number of amides is 1. The number of carbonyl (C=O) groups is 1. The molecular weight excluding hydrogens is 252 g/mol. The number of nitrogens with one attached hydrogen (secondary N) is 1. The van der Waals surface area contributed by atoms with Crippen LogP contribution in [0.25, 0.3) is 0 Å². The third kappa shape index (κ3) is 3.58. The van der Waals surface area contributed by atoms with E-state index in [1.807, 2.05) is 44.2 Å². The fourth-order valence-electron chi connectivity index (χ4n) is 2.71. The maximum Gasteiger partial charge on any atom is 0.231 e. The molecule has 2 rings (SSSR count). The van der Waals surface area contributed by atoms with Crippen molar-refractivity contribution >= 4 is 11.6 Å². The summed E-state index contributed by atoms with van der Waals surface area (Å²) < 4.78 is 0. The molecule has 0 saturated carbocycles. The molecule has 1 aromatic carbocycles. The number of carbonyl (C=O) groups excluding carboxylic acids is 1. The van der Waals surface area contributed by atoms with Gasteiger partial charge in [0.15, 0.2) is 0 Å². The van der Waals surface area contributed by atoms with Crippen molar-refractivity contribution in [3.05, 3.63) is 30.3 Å². The highest BCUT2D eigenvalue weighted by molar-refractivity contribution is 5.94. The average molecular weight is 276 g/mol. The Balaban J connectivity index is 1.97. The van der Waals surface area contributed by atoms with E-state index in [-0.39, 0.29) is 18.6 Å². The zero-order chi connectivity index (χ0) is 14.6. The number of aliphatic hydroxyl groups excluding tert-OH is 1. The average Bonchev–Trinajstić information content (AvgIpc) is 2.86. The number of benzene rings is 1. The smallest absolute Gasteiger partial charge is 0.231 e. The molecule has 1 fully saturated rings. The van der Waals surface area contributed by atoms with Crippen molar-refractivity contribution in [2.45, 2.75) is 32.7 Å². The molecule has 1 saturated heterocycles. The Morgan fingerprint density at radius 2 is 2.10 bits per heavy atom. The van der Waals surface area contributed by atoms with Crippen molar-refractivity contribution in [3.63, 3.8) is 0 Å². The fraction of sp³-hybridized carbons (Fsp3) is 0.562. The summed E-state index contributed by atoms with van der Waals surface area (Å²) in [6.45, 7) is 5.73. The number of aliphatic hydroxyl groups is 1. The summed E-state index contributed by atoms with van der Waals surface area (Å²) in [6.07, 6.45) is 2.12. The molecule has 1 aliphatic heterocycles. The van der Waals surface area contributed by atoms with E-state index in [2.05, 4.69) is 10.2 Å². The summed E-state index contributed by atoms with van der Waals surface area (Å²) in [5.41, 5.74) is 0.346. The molecule has 110 valence electrons. The second kappa shape index (κ2) is 6.37. The lowest BCUT2D eigenvalue weighted by molar-refractivity contribution is -0.125. The predicted molar refractivity (Wildman–Crippen MR) is 80.5 cm³/mol. The van der Waals surface area contributed by atoms with Crippen LogP contribution in [0.2, 0.25) is 0 Å². The number of nitrogens with zero attached hydrogens (tertiary/aromatic N) is 1. The Kier molecular flexibility index (Phi) is 4.78. The van der Waals surface area contributed by atoms with E-state index in [1.165, 1.54) is 0 Å². The van der Waals surface area contributed by atoms with Crippen molar-refractivity contribution in [2.24, 2.45) is 5.41 Å². The van der Waals surface area contributed by atoms with Gasteiger partial charge in [0.25, 0.3) is 0 Å². The molecule has 0 aromatic heterocycles. The quantitative estimate of drug-likeness (QED) is 0.866. The standard InChI is InChI=1S/C16H24N2O2/c1-16(2,12-18-10-6-9-14(18)11-19)15(20)17-13-7-4-3-5-8-13/h3-5,7-8,14,19H,6,9-12H2,1-2H3,(H,17,20)/t14-/m0/s1. The Morgan fingerprint density at radius 3 is 2.75 bits per heavy atom. The van der Waals surface area contributed by atoms with Crippen LogP contribution in [0.5, 0.6) is 0 Å². The van der Waals surface area contributed by atoms with Crippen LogP contribution in [-0.2, 0) is 4.79 Å². The Morgan fingerprint density at radius 1 is 1.40 bits per heavy atom. The molecule has 20 heavy (non-hydrogen) atoms. The van der Waals surface area contributed by atoms with Crippen molar-refractivity contribution in [1.82, 2.24) is 4.90 Å². The van der Waals surface area contributed by atoms with Gasteiger partial charge in [-0.05, 0) is 45.4 Å². The first-order valence-corrected chi connectivity index (χ1v) is 7.24. The second-order valence-electron chi connectivity index (χ2n) is 6.15. The van der Waals surface area contributed by atoms with Gasteiger partial charge < -0.3 is 10.4 Å². The van der Waals surface area contributed by atoms with Gasteiger partial charge in [-0.25, -0.2) is 0 Å². The van der Waals surface area contributed by atoms with E-state index in [0.29, 0.717) is 6.54 Å². The molecule has 2 N–H and O–H groups in total. The third-order valence-electron chi connectivity index (χ3n) is 3.95. The fourth-order valence-corrected chi connectivity index (χ4v) is 2.71. The number of para-hydroxylation sites is 1. The predicted octanol–water partition coefficient (Wildman–Crippen LogP) is 2.11. The molecule has 1 heterocycles. The molecule has 0 radical (unpaired) electrons. The number of hydrogen-bond donors (Lipinski definition) is 2. The van der Waals surface area contributed by atoms with Crippen LogP contribution in [0.1, 0.15) is 26.7 Å². The molecule has 0 aliphatic carbocycles. The Bertz CT molecular complexity index is 445. The number of rotatable bonds is 5. The molecule has 0 spiro atoms. The van der Waals surface area contributed by atoms with Crippen LogP contribution in [0.3, 0.4) is 0 Å². The van der Waals surface area contributed by atoms with Crippen LogP contribution in [0, 0.1) is 5.41 Å². The summed E-state index contributed by atoms with van der Waals surface area (Å²) in [5.74, 6) is 0.0206. The normalized spacial score (nSPS) is 20.1. The van der Waals surface area contributed by atoms with Gasteiger partial charge in [-0.2, -0.15) is 0 Å². The van der Waals surface area contributed by atoms with Crippen LogP contribution < -0.4 is 5.32 Å². The van der Waals surface area contributed by atoms with Crippen LogP contribution in [-0.4, -0.2) is 41.7 Å². The van der Waals surface area contributed by atoms with Gasteiger partial charge in [-0.1, -0.05) is 18.2 Å². The van der Waals surface area contributed by atoms with E-state index in [4.69, 9.17) is 0 Å². The highest BCUT2D eigenvalue weighted by Crippen LogP contribution is 2.25. The molecule has 0 bridgehead atoms. The molecule has 1 amide bonds. The van der Waals surface area contributed by atoms with E-state index >= 15 is 0 Å². The molecule has 0 unspecified atom stereocenters. The van der Waals surface area contributed by atoms with Gasteiger partial charge in [0, 0.05) is 18.3 Å². The Labute approximate surface area is 120 Å². The van der Waals surface area contributed by atoms with Crippen LogP contribution in [0.4, 0.5) is 5.69 Å². The topological polar surface area (TPSA) is 52.6 Å². The summed E-state index contributed by atoms with van der Waals surface area (Å²) in [5, 5.41) is 12.3. The van der Waals surface area contributed by atoms with Gasteiger partial charge in [-0.3, -0.25) is 9.69 Å². The van der Waals surface area contributed by atoms with E-state index in [0.717, 1.165) is 25.1 Å². The zero-order valence-electron chi connectivity index (χ0n) is 12.3. The van der Waals surface area contributed by atoms with E-state index < -0.39 is 5.41 Å². The zero-order valence-corrected chi connectivity index (χ0v) is 12.3. The molecule has 1 aliphatic rings. The van der Waals surface area contributed by atoms with E-state index in [1.54, 1.807) is 0 Å². The summed E-state index contributed by atoms with van der Waals surface area (Å²) in [6, 6.07) is 9.73. The number of likely N-dealkylation sites (tertiary alicyclic amines) is 1. The third-order valence-corrected chi connectivity index (χ3v) is 3.95. The van der Waals surface area contributed by atoms with Crippen molar-refractivity contribution < 1.29 is 9.90 Å². The first-order valence-electron chi connectivity index (χ1n) is 7.24. The minimum atomic E-state index is -0.479. The molecule has 1 aromatic rings. The molecular formula is C16H24N2O2. The number of hydrogen-bond acceptors (Lipinski definition) is 3. The van der Waals surface area contributed by atoms with Gasteiger partial charge >= 0.3 is 0 Å². The summed E-state index contributed by atoms with van der Waals surface area (Å²) in [7, 11) is 0. The molecule has 4 heteroatoms. The maximum absolute atomic E-state index is 12.4. The van der Waals surface area contributed by atoms with Gasteiger partial charge in [0.05, 0.1) is 12.0 Å². The van der Waals surface area contributed by atoms with Crippen LogP contribution in [0.15, 0.2) is 30.3 Å². The van der Waals surface area contributed by atoms with Crippen molar-refractivity contribution in [2.75, 3.05) is 25.0 Å². The highest BCUT2D eigenvalue weighted by Gasteiger charge is 2.34. The highest BCUT2D eigenvalue weighted by atomic mass is 16.3. The van der Waals surface area contributed by atoms with Crippen molar-refractivity contribution in [3.8, 4) is 0 Å². The molecule has 4 nitrogen and oxygen atoms in total. The minimum absolute atomic E-state index is 0.0206. The van der Waals surface area contributed by atoms with E-state index in [9.17, 15) is 9.90 Å². The minimum Gasteiger partial charge on any atom is -0.395 e. The Hall–Kier alpha value is -1.39. The number of anilines is 1. The largest absolute Gasteiger partial charge is 0.395 e. The monoisotopic (exact) mass is 276 g/mol. The first-order chi connectivity index (χ1) is 9.53. The second-order valence-corrected chi connectivity index (χ2v) is 6.15. The SMILES string of the molecule is CC(C)(CN1CCC[C@H]1CO)C(=O)Nc1ccccc1. The molecule has 1 atom stereocenters. The van der Waals surface area contributed by atoms with Gasteiger partial charge in [0.2, 0.25) is 5.91 Å².